The molecule has 0 radical (unpaired) electrons. The maximum Gasteiger partial charge on any atom is 0.175 e. The number of rotatable bonds is 5. The topological polar surface area (TPSA) is 86.2 Å². The fraction of sp³-hybridized carbons (Fsp3) is 0.455. The Morgan fingerprint density at radius 2 is 1.76 bits per heavy atom. The summed E-state index contributed by atoms with van der Waals surface area (Å²) in [5.41, 5.74) is 12.3. The molecule has 0 fully saturated rings. The van der Waals surface area contributed by atoms with Gasteiger partial charge in [-0.15, -0.1) is 12.4 Å². The summed E-state index contributed by atoms with van der Waals surface area (Å²) < 4.78 is 22.5. The Hall–Kier alpha value is -0.620. The molecule has 1 rings (SSSR count). The minimum Gasteiger partial charge on any atom is -0.330 e. The highest BCUT2D eigenvalue weighted by Crippen LogP contribution is 2.18. The number of halogens is 1. The summed E-state index contributed by atoms with van der Waals surface area (Å²) >= 11 is 0. The zero-order valence-corrected chi connectivity index (χ0v) is 11.4. The van der Waals surface area contributed by atoms with Crippen molar-refractivity contribution < 1.29 is 8.42 Å². The summed E-state index contributed by atoms with van der Waals surface area (Å²) in [6.07, 6.45) is 2.88. The van der Waals surface area contributed by atoms with Crippen molar-refractivity contribution in [1.29, 1.82) is 0 Å². The van der Waals surface area contributed by atoms with Crippen LogP contribution >= 0.6 is 12.4 Å². The van der Waals surface area contributed by atoms with Gasteiger partial charge in [0.15, 0.2) is 9.84 Å². The molecule has 4 N–H and O–H groups in total. The van der Waals surface area contributed by atoms with Crippen molar-refractivity contribution in [2.24, 2.45) is 11.5 Å². The van der Waals surface area contributed by atoms with Crippen LogP contribution in [0.2, 0.25) is 0 Å². The molecule has 0 spiro atoms. The van der Waals surface area contributed by atoms with Gasteiger partial charge in [-0.2, -0.15) is 0 Å². The molecule has 17 heavy (non-hydrogen) atoms. The molecule has 0 saturated heterocycles. The van der Waals surface area contributed by atoms with Crippen LogP contribution in [0, 0.1) is 0 Å². The van der Waals surface area contributed by atoms with Crippen LogP contribution in [0.25, 0.3) is 0 Å². The van der Waals surface area contributed by atoms with Crippen molar-refractivity contribution in [1.82, 2.24) is 0 Å². The van der Waals surface area contributed by atoms with E-state index >= 15 is 0 Å². The van der Waals surface area contributed by atoms with E-state index in [0.29, 0.717) is 11.4 Å². The molecular weight excluding hydrogens is 260 g/mol. The number of nitrogens with two attached hydrogens (primary N) is 2. The highest BCUT2D eigenvalue weighted by molar-refractivity contribution is 7.90. The van der Waals surface area contributed by atoms with E-state index in [1.807, 2.05) is 0 Å². The number of hydrogen-bond acceptors (Lipinski definition) is 4. The highest BCUT2D eigenvalue weighted by atomic mass is 35.5. The molecule has 0 saturated carbocycles. The fourth-order valence-electron chi connectivity index (χ4n) is 1.47. The maximum absolute atomic E-state index is 11.2. The highest BCUT2D eigenvalue weighted by Gasteiger charge is 2.09. The van der Waals surface area contributed by atoms with Crippen molar-refractivity contribution in [3.05, 3.63) is 29.8 Å². The minimum atomic E-state index is -3.12. The molecule has 0 unspecified atom stereocenters. The van der Waals surface area contributed by atoms with Gasteiger partial charge >= 0.3 is 0 Å². The Morgan fingerprint density at radius 3 is 2.18 bits per heavy atom. The first-order valence-electron chi connectivity index (χ1n) is 5.21. The molecule has 0 aromatic heterocycles. The van der Waals surface area contributed by atoms with Gasteiger partial charge in [0, 0.05) is 12.3 Å². The Bertz CT molecular complexity index is 431. The van der Waals surface area contributed by atoms with Crippen molar-refractivity contribution in [2.75, 3.05) is 12.8 Å². The second kappa shape index (κ2) is 6.96. The third-order valence-corrected chi connectivity index (χ3v) is 3.58. The SMILES string of the molecule is CS(=O)(=O)c1ccc([C@H](N)CCCN)cc1.Cl. The maximum atomic E-state index is 11.2. The molecule has 1 aromatic carbocycles. The Morgan fingerprint density at radius 1 is 1.24 bits per heavy atom. The predicted molar refractivity (Wildman–Crippen MR) is 72.0 cm³/mol. The lowest BCUT2D eigenvalue weighted by atomic mass is 10.0. The fourth-order valence-corrected chi connectivity index (χ4v) is 2.10. The van der Waals surface area contributed by atoms with Gasteiger partial charge in [0.1, 0.15) is 0 Å². The molecule has 0 aliphatic rings. The second-order valence-corrected chi connectivity index (χ2v) is 5.89. The summed E-state index contributed by atoms with van der Waals surface area (Å²) in [5.74, 6) is 0. The molecule has 0 amide bonds. The molecule has 98 valence electrons. The van der Waals surface area contributed by atoms with Crippen molar-refractivity contribution in [3.8, 4) is 0 Å². The summed E-state index contributed by atoms with van der Waals surface area (Å²) in [6, 6.07) is 6.63. The average Bonchev–Trinajstić information content (AvgIpc) is 2.25. The average molecular weight is 279 g/mol. The summed E-state index contributed by atoms with van der Waals surface area (Å²) in [4.78, 5) is 0.322. The summed E-state index contributed by atoms with van der Waals surface area (Å²) in [6.45, 7) is 0.620. The number of hydrogen-bond donors (Lipinski definition) is 2. The van der Waals surface area contributed by atoms with Crippen LogP contribution in [0.1, 0.15) is 24.4 Å². The second-order valence-electron chi connectivity index (χ2n) is 3.88. The smallest absolute Gasteiger partial charge is 0.175 e. The van der Waals surface area contributed by atoms with E-state index in [0.717, 1.165) is 18.4 Å². The van der Waals surface area contributed by atoms with Gasteiger partial charge in [-0.1, -0.05) is 12.1 Å². The molecule has 4 nitrogen and oxygen atoms in total. The van der Waals surface area contributed by atoms with Gasteiger partial charge in [-0.3, -0.25) is 0 Å². The number of benzene rings is 1. The largest absolute Gasteiger partial charge is 0.330 e. The first kappa shape index (κ1) is 16.4. The predicted octanol–water partition coefficient (Wildman–Crippen LogP) is 1.25. The lowest BCUT2D eigenvalue weighted by molar-refractivity contribution is 0.601. The minimum absolute atomic E-state index is 0. The van der Waals surface area contributed by atoms with E-state index in [9.17, 15) is 8.42 Å². The Labute approximate surface area is 109 Å². The third-order valence-electron chi connectivity index (χ3n) is 2.46. The van der Waals surface area contributed by atoms with E-state index in [1.165, 1.54) is 6.26 Å². The van der Waals surface area contributed by atoms with E-state index < -0.39 is 9.84 Å². The molecule has 1 atom stereocenters. The van der Waals surface area contributed by atoms with Crippen LogP contribution in [0.4, 0.5) is 0 Å². The Kier molecular flexibility index (Phi) is 6.70. The first-order valence-corrected chi connectivity index (χ1v) is 7.10. The third kappa shape index (κ3) is 5.04. The van der Waals surface area contributed by atoms with E-state index in [-0.39, 0.29) is 18.4 Å². The first-order chi connectivity index (χ1) is 7.45. The van der Waals surface area contributed by atoms with Gasteiger partial charge in [0.05, 0.1) is 4.90 Å². The van der Waals surface area contributed by atoms with Crippen LogP contribution in [0.15, 0.2) is 29.2 Å². The molecule has 0 bridgehead atoms. The van der Waals surface area contributed by atoms with Gasteiger partial charge in [0.25, 0.3) is 0 Å². The lowest BCUT2D eigenvalue weighted by Gasteiger charge is -2.11. The van der Waals surface area contributed by atoms with Gasteiger partial charge < -0.3 is 11.5 Å². The molecule has 1 aromatic rings. The van der Waals surface area contributed by atoms with Crippen molar-refractivity contribution in [3.63, 3.8) is 0 Å². The normalized spacial score (nSPS) is 12.9. The summed E-state index contributed by atoms with van der Waals surface area (Å²) in [5, 5.41) is 0. The zero-order chi connectivity index (χ0) is 12.2. The van der Waals surface area contributed by atoms with Gasteiger partial charge in [-0.25, -0.2) is 8.42 Å². The summed E-state index contributed by atoms with van der Waals surface area (Å²) in [7, 11) is -3.12. The van der Waals surface area contributed by atoms with Crippen molar-refractivity contribution >= 4 is 22.2 Å². The molecule has 0 aliphatic heterocycles. The Balaban J connectivity index is 0.00000256. The quantitative estimate of drug-likeness (QED) is 0.849. The van der Waals surface area contributed by atoms with Crippen LogP contribution in [0.5, 0.6) is 0 Å². The molecular formula is C11H19ClN2O2S. The molecule has 0 aliphatic carbocycles. The molecule has 0 heterocycles. The van der Waals surface area contributed by atoms with Crippen molar-refractivity contribution in [2.45, 2.75) is 23.8 Å². The standard InChI is InChI=1S/C11H18N2O2S.ClH/c1-16(14,15)10-6-4-9(5-7-10)11(13)3-2-8-12;/h4-7,11H,2-3,8,12-13H2,1H3;1H/t11-;/m1./s1. The van der Waals surface area contributed by atoms with Gasteiger partial charge in [0.2, 0.25) is 0 Å². The molecule has 6 heteroatoms. The number of sulfone groups is 1. The van der Waals surface area contributed by atoms with E-state index in [1.54, 1.807) is 24.3 Å². The monoisotopic (exact) mass is 278 g/mol. The van der Waals surface area contributed by atoms with Crippen LogP contribution in [0.3, 0.4) is 0 Å². The van der Waals surface area contributed by atoms with Crippen LogP contribution in [-0.4, -0.2) is 21.2 Å². The van der Waals surface area contributed by atoms with Gasteiger partial charge in [-0.05, 0) is 37.1 Å². The van der Waals surface area contributed by atoms with Crippen LogP contribution < -0.4 is 11.5 Å². The van der Waals surface area contributed by atoms with E-state index in [2.05, 4.69) is 0 Å². The van der Waals surface area contributed by atoms with Crippen LogP contribution in [-0.2, 0) is 9.84 Å². The zero-order valence-electron chi connectivity index (χ0n) is 9.80. The van der Waals surface area contributed by atoms with E-state index in [4.69, 9.17) is 11.5 Å². The lowest BCUT2D eigenvalue weighted by Crippen LogP contribution is -2.12.